The van der Waals surface area contributed by atoms with Crippen LogP contribution in [0.4, 0.5) is 0 Å². The number of hydrogen-bond donors (Lipinski definition) is 0. The second kappa shape index (κ2) is 4.74. The Morgan fingerprint density at radius 3 is 2.95 bits per heavy atom. The molecule has 0 radical (unpaired) electrons. The van der Waals surface area contributed by atoms with Gasteiger partial charge in [0.1, 0.15) is 11.4 Å². The standard InChI is InChI=1S/C16H15N3O2/c1-16(2)9-13(19-15(20)4-3-7-18-19)12-8-11(10-17)5-6-14(12)21-16/h5-9H,3-4H2,1-2H3. The zero-order valence-electron chi connectivity index (χ0n) is 12.0. The number of nitriles is 1. The smallest absolute Gasteiger partial charge is 0.247 e. The molecule has 3 rings (SSSR count). The highest BCUT2D eigenvalue weighted by Gasteiger charge is 2.32. The van der Waals surface area contributed by atoms with Crippen molar-refractivity contribution in [1.29, 1.82) is 5.26 Å². The van der Waals surface area contributed by atoms with Gasteiger partial charge in [0.25, 0.3) is 0 Å². The summed E-state index contributed by atoms with van der Waals surface area (Å²) in [6.07, 6.45) is 4.71. The summed E-state index contributed by atoms with van der Waals surface area (Å²) in [5, 5.41) is 14.7. The average Bonchev–Trinajstić information content (AvgIpc) is 2.46. The van der Waals surface area contributed by atoms with Gasteiger partial charge in [0.15, 0.2) is 0 Å². The van der Waals surface area contributed by atoms with Gasteiger partial charge in [-0.15, -0.1) is 0 Å². The zero-order valence-corrected chi connectivity index (χ0v) is 12.0. The van der Waals surface area contributed by atoms with E-state index in [1.807, 2.05) is 19.9 Å². The minimum Gasteiger partial charge on any atom is -0.483 e. The van der Waals surface area contributed by atoms with Crippen LogP contribution < -0.4 is 4.74 Å². The number of hydrogen-bond acceptors (Lipinski definition) is 4. The summed E-state index contributed by atoms with van der Waals surface area (Å²) in [6.45, 7) is 3.85. The summed E-state index contributed by atoms with van der Waals surface area (Å²) < 4.78 is 5.90. The molecule has 5 nitrogen and oxygen atoms in total. The van der Waals surface area contributed by atoms with Crippen LogP contribution in [0.2, 0.25) is 0 Å². The molecule has 0 bridgehead atoms. The van der Waals surface area contributed by atoms with Crippen LogP contribution in [0.1, 0.15) is 37.8 Å². The number of rotatable bonds is 1. The van der Waals surface area contributed by atoms with Gasteiger partial charge in [-0.1, -0.05) is 0 Å². The van der Waals surface area contributed by atoms with Gasteiger partial charge in [-0.25, -0.2) is 5.01 Å². The largest absolute Gasteiger partial charge is 0.483 e. The first-order valence-corrected chi connectivity index (χ1v) is 6.82. The summed E-state index contributed by atoms with van der Waals surface area (Å²) in [4.78, 5) is 12.1. The molecule has 0 aromatic heterocycles. The predicted octanol–water partition coefficient (Wildman–Crippen LogP) is 2.68. The van der Waals surface area contributed by atoms with Crippen LogP contribution in [0.15, 0.2) is 29.4 Å². The number of carbonyl (C=O) groups is 1. The summed E-state index contributed by atoms with van der Waals surface area (Å²) in [5.74, 6) is 0.611. The fraction of sp³-hybridized carbons (Fsp3) is 0.312. The third-order valence-corrected chi connectivity index (χ3v) is 3.39. The highest BCUT2D eigenvalue weighted by atomic mass is 16.5. The molecule has 1 aromatic carbocycles. The molecule has 0 aliphatic carbocycles. The number of hydrazone groups is 1. The molecule has 21 heavy (non-hydrogen) atoms. The van der Waals surface area contributed by atoms with Crippen LogP contribution in [-0.2, 0) is 4.79 Å². The minimum atomic E-state index is -0.538. The number of ether oxygens (including phenoxy) is 1. The number of amides is 1. The van der Waals surface area contributed by atoms with Crippen molar-refractivity contribution in [3.05, 3.63) is 35.4 Å². The first-order valence-electron chi connectivity index (χ1n) is 6.82. The molecule has 0 N–H and O–H groups in total. The van der Waals surface area contributed by atoms with Crippen molar-refractivity contribution in [2.75, 3.05) is 0 Å². The van der Waals surface area contributed by atoms with E-state index in [1.54, 1.807) is 24.4 Å². The third kappa shape index (κ3) is 2.40. The maximum absolute atomic E-state index is 12.1. The summed E-state index contributed by atoms with van der Waals surface area (Å²) >= 11 is 0. The molecule has 1 aromatic rings. The van der Waals surface area contributed by atoms with Gasteiger partial charge >= 0.3 is 0 Å². The lowest BCUT2D eigenvalue weighted by atomic mass is 9.97. The van der Waals surface area contributed by atoms with Crippen molar-refractivity contribution < 1.29 is 9.53 Å². The molecule has 0 atom stereocenters. The Morgan fingerprint density at radius 1 is 1.43 bits per heavy atom. The second-order valence-corrected chi connectivity index (χ2v) is 5.60. The van der Waals surface area contributed by atoms with Gasteiger partial charge in [-0.3, -0.25) is 4.79 Å². The van der Waals surface area contributed by atoms with Crippen LogP contribution in [0.5, 0.6) is 5.75 Å². The molecular weight excluding hydrogens is 266 g/mol. The number of benzene rings is 1. The van der Waals surface area contributed by atoms with Gasteiger partial charge < -0.3 is 4.74 Å². The van der Waals surface area contributed by atoms with Crippen LogP contribution in [0, 0.1) is 11.3 Å². The van der Waals surface area contributed by atoms with Crippen molar-refractivity contribution in [3.8, 4) is 11.8 Å². The maximum Gasteiger partial charge on any atom is 0.247 e. The van der Waals surface area contributed by atoms with E-state index in [2.05, 4.69) is 11.2 Å². The van der Waals surface area contributed by atoms with Gasteiger partial charge in [0.05, 0.1) is 17.3 Å². The van der Waals surface area contributed by atoms with Crippen LogP contribution >= 0.6 is 0 Å². The zero-order chi connectivity index (χ0) is 15.0. The monoisotopic (exact) mass is 281 g/mol. The van der Waals surface area contributed by atoms with Gasteiger partial charge in [0, 0.05) is 18.2 Å². The predicted molar refractivity (Wildman–Crippen MR) is 78.4 cm³/mol. The Bertz CT molecular complexity index is 711. The molecule has 0 unspecified atom stereocenters. The normalized spacial score (nSPS) is 19.4. The molecule has 0 fully saturated rings. The Hall–Kier alpha value is -2.61. The second-order valence-electron chi connectivity index (χ2n) is 5.60. The molecule has 0 saturated heterocycles. The average molecular weight is 281 g/mol. The van der Waals surface area contributed by atoms with E-state index >= 15 is 0 Å². The van der Waals surface area contributed by atoms with E-state index in [4.69, 9.17) is 10.00 Å². The lowest BCUT2D eigenvalue weighted by Crippen LogP contribution is -2.35. The van der Waals surface area contributed by atoms with Crippen LogP contribution in [0.3, 0.4) is 0 Å². The number of fused-ring (bicyclic) bond motifs is 1. The molecule has 0 spiro atoms. The minimum absolute atomic E-state index is 0.0465. The van der Waals surface area contributed by atoms with E-state index < -0.39 is 5.60 Å². The molecule has 5 heteroatoms. The summed E-state index contributed by atoms with van der Waals surface area (Å²) in [6, 6.07) is 7.31. The van der Waals surface area contributed by atoms with E-state index in [9.17, 15) is 4.79 Å². The van der Waals surface area contributed by atoms with Gasteiger partial charge in [-0.05, 0) is 44.5 Å². The van der Waals surface area contributed by atoms with E-state index in [-0.39, 0.29) is 5.91 Å². The van der Waals surface area contributed by atoms with Crippen molar-refractivity contribution in [3.63, 3.8) is 0 Å². The molecular formula is C16H15N3O2. The van der Waals surface area contributed by atoms with Gasteiger partial charge in [0.2, 0.25) is 5.91 Å². The fourth-order valence-corrected chi connectivity index (χ4v) is 2.48. The Labute approximate surface area is 123 Å². The molecule has 2 heterocycles. The Morgan fingerprint density at radius 2 is 2.24 bits per heavy atom. The summed E-state index contributed by atoms with van der Waals surface area (Å²) in [5.41, 5.74) is 1.39. The van der Waals surface area contributed by atoms with E-state index in [1.165, 1.54) is 5.01 Å². The van der Waals surface area contributed by atoms with Gasteiger partial charge in [-0.2, -0.15) is 10.4 Å². The quantitative estimate of drug-likeness (QED) is 0.795. The first kappa shape index (κ1) is 13.4. The van der Waals surface area contributed by atoms with Crippen LogP contribution in [-0.4, -0.2) is 22.7 Å². The molecule has 2 aliphatic rings. The van der Waals surface area contributed by atoms with Crippen molar-refractivity contribution in [2.24, 2.45) is 5.10 Å². The van der Waals surface area contributed by atoms with Crippen molar-refractivity contribution in [2.45, 2.75) is 32.3 Å². The molecule has 106 valence electrons. The van der Waals surface area contributed by atoms with Crippen molar-refractivity contribution >= 4 is 17.8 Å². The molecule has 0 saturated carbocycles. The SMILES string of the molecule is CC1(C)C=C(N2N=CCCC2=O)c2cc(C#N)ccc2O1. The van der Waals surface area contributed by atoms with Crippen LogP contribution in [0.25, 0.3) is 5.70 Å². The first-order chi connectivity index (χ1) is 10.00. The van der Waals surface area contributed by atoms with E-state index in [0.717, 1.165) is 5.56 Å². The highest BCUT2D eigenvalue weighted by molar-refractivity contribution is 5.92. The third-order valence-electron chi connectivity index (χ3n) is 3.39. The van der Waals surface area contributed by atoms with Crippen molar-refractivity contribution in [1.82, 2.24) is 5.01 Å². The number of nitrogens with zero attached hydrogens (tertiary/aromatic N) is 3. The molecule has 2 aliphatic heterocycles. The lowest BCUT2D eigenvalue weighted by Gasteiger charge is -2.34. The van der Waals surface area contributed by atoms with E-state index in [0.29, 0.717) is 29.9 Å². The topological polar surface area (TPSA) is 65.7 Å². The number of carbonyl (C=O) groups excluding carboxylic acids is 1. The Kier molecular flexibility index (Phi) is 3.02. The molecule has 1 amide bonds. The Balaban J connectivity index is 2.16. The summed E-state index contributed by atoms with van der Waals surface area (Å²) in [7, 11) is 0. The highest BCUT2D eigenvalue weighted by Crippen LogP contribution is 2.39. The fourth-order valence-electron chi connectivity index (χ4n) is 2.48. The maximum atomic E-state index is 12.1. The lowest BCUT2D eigenvalue weighted by molar-refractivity contribution is -0.128.